The molecule has 164 valence electrons. The summed E-state index contributed by atoms with van der Waals surface area (Å²) in [7, 11) is 0. The van der Waals surface area contributed by atoms with Gasteiger partial charge in [-0.2, -0.15) is 0 Å². The van der Waals surface area contributed by atoms with Gasteiger partial charge in [0.2, 0.25) is 0 Å². The van der Waals surface area contributed by atoms with Crippen molar-refractivity contribution in [2.24, 2.45) is 23.2 Å². The average molecular weight is 401 g/mol. The monoisotopic (exact) mass is 400 g/mol. The van der Waals surface area contributed by atoms with Gasteiger partial charge in [0.15, 0.2) is 0 Å². The average Bonchev–Trinajstić information content (AvgIpc) is 2.99. The van der Waals surface area contributed by atoms with Crippen molar-refractivity contribution in [1.82, 2.24) is 0 Å². The van der Waals surface area contributed by atoms with E-state index in [-0.39, 0.29) is 6.10 Å². The molecule has 2 N–H and O–H groups in total. The Balaban J connectivity index is 1.66. The van der Waals surface area contributed by atoms with Crippen molar-refractivity contribution in [3.8, 4) is 0 Å². The number of hydrogen-bond donors (Lipinski definition) is 2. The first kappa shape index (κ1) is 22.8. The van der Waals surface area contributed by atoms with Crippen molar-refractivity contribution in [1.29, 1.82) is 0 Å². The van der Waals surface area contributed by atoms with Crippen molar-refractivity contribution >= 4 is 0 Å². The van der Waals surface area contributed by atoms with E-state index in [4.69, 9.17) is 0 Å². The highest BCUT2D eigenvalue weighted by molar-refractivity contribution is 5.36. The molecule has 2 heteroatoms. The van der Waals surface area contributed by atoms with E-state index >= 15 is 0 Å². The minimum atomic E-state index is -0.535. The Labute approximate surface area is 179 Å². The van der Waals surface area contributed by atoms with Gasteiger partial charge >= 0.3 is 0 Å². The smallest absolute Gasteiger partial charge is 0.0591 e. The molecule has 0 unspecified atom stereocenters. The normalized spacial score (nSPS) is 34.4. The number of aliphatic hydroxyl groups excluding tert-OH is 1. The van der Waals surface area contributed by atoms with E-state index in [1.165, 1.54) is 43.3 Å². The minimum absolute atomic E-state index is 0.162. The van der Waals surface area contributed by atoms with E-state index in [0.29, 0.717) is 11.3 Å². The van der Waals surface area contributed by atoms with Crippen LogP contribution < -0.4 is 0 Å². The molecule has 3 rings (SSSR count). The van der Waals surface area contributed by atoms with Crippen LogP contribution in [0.2, 0.25) is 0 Å². The van der Waals surface area contributed by atoms with Crippen molar-refractivity contribution in [3.63, 3.8) is 0 Å². The summed E-state index contributed by atoms with van der Waals surface area (Å²) in [5.74, 6) is 2.21. The van der Waals surface area contributed by atoms with E-state index in [0.717, 1.165) is 43.9 Å². The summed E-state index contributed by atoms with van der Waals surface area (Å²) in [6.07, 6.45) is 18.2. The molecule has 0 bridgehead atoms. The van der Waals surface area contributed by atoms with Crippen LogP contribution >= 0.6 is 0 Å². The minimum Gasteiger partial charge on any atom is -0.393 e. The molecule has 0 aromatic carbocycles. The standard InChI is InChI=1S/C27H44O2/c1-19-10-13-23(28)18-22(19)12-11-21-9-7-17-27(5)24(14-15-25(21)27)20(2)8-6-16-26(3,4)29/h9,11-12,20,23-25,28-29H,6-8,10,13-18H2,1-5H3/t20-,23+,24-,25+,27-/m1/s1. The first-order chi connectivity index (χ1) is 13.6. The Morgan fingerprint density at radius 1 is 1.24 bits per heavy atom. The third-order valence-electron chi connectivity index (χ3n) is 8.34. The molecular weight excluding hydrogens is 356 g/mol. The Hall–Kier alpha value is -0.860. The number of allylic oxidation sites excluding steroid dienone is 5. The highest BCUT2D eigenvalue weighted by atomic mass is 16.3. The van der Waals surface area contributed by atoms with E-state index in [2.05, 4.69) is 39.0 Å². The Morgan fingerprint density at radius 2 is 2.00 bits per heavy atom. The van der Waals surface area contributed by atoms with Crippen LogP contribution in [0.4, 0.5) is 0 Å². The zero-order chi connectivity index (χ0) is 21.2. The zero-order valence-corrected chi connectivity index (χ0v) is 19.5. The van der Waals surface area contributed by atoms with Crippen molar-refractivity contribution < 1.29 is 10.2 Å². The first-order valence-electron chi connectivity index (χ1n) is 12.1. The Morgan fingerprint density at radius 3 is 2.72 bits per heavy atom. The van der Waals surface area contributed by atoms with E-state index in [9.17, 15) is 10.2 Å². The topological polar surface area (TPSA) is 40.5 Å². The molecule has 0 aromatic rings. The molecule has 5 atom stereocenters. The molecule has 0 aliphatic heterocycles. The van der Waals surface area contributed by atoms with Gasteiger partial charge < -0.3 is 10.2 Å². The molecule has 29 heavy (non-hydrogen) atoms. The van der Waals surface area contributed by atoms with Crippen LogP contribution in [-0.4, -0.2) is 21.9 Å². The fourth-order valence-electron chi connectivity index (χ4n) is 6.52. The maximum absolute atomic E-state index is 10.0. The van der Waals surface area contributed by atoms with Crippen LogP contribution in [0, 0.1) is 23.2 Å². The zero-order valence-electron chi connectivity index (χ0n) is 19.5. The van der Waals surface area contributed by atoms with Gasteiger partial charge in [0.05, 0.1) is 11.7 Å². The Kier molecular flexibility index (Phi) is 7.16. The summed E-state index contributed by atoms with van der Waals surface area (Å²) < 4.78 is 0. The molecule has 3 aliphatic carbocycles. The van der Waals surface area contributed by atoms with E-state index < -0.39 is 5.60 Å². The van der Waals surface area contributed by atoms with Gasteiger partial charge in [-0.05, 0) is 106 Å². The second-order valence-corrected chi connectivity index (χ2v) is 11.2. The number of hydrogen-bond acceptors (Lipinski definition) is 2. The molecule has 1 saturated carbocycles. The van der Waals surface area contributed by atoms with Crippen LogP contribution in [0.3, 0.4) is 0 Å². The van der Waals surface area contributed by atoms with E-state index in [1.807, 2.05) is 13.8 Å². The summed E-state index contributed by atoms with van der Waals surface area (Å²) >= 11 is 0. The lowest BCUT2D eigenvalue weighted by molar-refractivity contribution is 0.0613. The van der Waals surface area contributed by atoms with Crippen LogP contribution in [0.25, 0.3) is 0 Å². The van der Waals surface area contributed by atoms with Gasteiger partial charge in [-0.1, -0.05) is 50.5 Å². The predicted octanol–water partition coefficient (Wildman–Crippen LogP) is 6.73. The third-order valence-corrected chi connectivity index (χ3v) is 8.34. The maximum atomic E-state index is 10.0. The summed E-state index contributed by atoms with van der Waals surface area (Å²) in [5, 5.41) is 20.1. The molecule has 3 aliphatic rings. The highest BCUT2D eigenvalue weighted by Crippen LogP contribution is 2.58. The van der Waals surface area contributed by atoms with Gasteiger partial charge in [-0.25, -0.2) is 0 Å². The Bertz CT molecular complexity index is 663. The third kappa shape index (κ3) is 5.44. The molecule has 0 saturated heterocycles. The van der Waals surface area contributed by atoms with Crippen LogP contribution in [-0.2, 0) is 0 Å². The molecule has 0 amide bonds. The molecule has 2 nitrogen and oxygen atoms in total. The van der Waals surface area contributed by atoms with Crippen molar-refractivity contribution in [2.45, 2.75) is 111 Å². The van der Waals surface area contributed by atoms with Crippen LogP contribution in [0.1, 0.15) is 98.8 Å². The second kappa shape index (κ2) is 9.10. The lowest BCUT2D eigenvalue weighted by atomic mass is 9.62. The SMILES string of the molecule is CC1=C(C=CC2=CCC[C@]3(C)[C@@H]([C@H](C)CCCC(C)(C)O)CC[C@@H]23)C[C@@H](O)CC1. The fourth-order valence-corrected chi connectivity index (χ4v) is 6.52. The molecule has 1 fully saturated rings. The predicted molar refractivity (Wildman–Crippen MR) is 123 cm³/mol. The lowest BCUT2D eigenvalue weighted by Crippen LogP contribution is -2.35. The summed E-state index contributed by atoms with van der Waals surface area (Å²) in [6.45, 7) is 11.1. The first-order valence-corrected chi connectivity index (χ1v) is 12.1. The summed E-state index contributed by atoms with van der Waals surface area (Å²) in [6, 6.07) is 0. The number of rotatable bonds is 7. The molecule has 0 heterocycles. The maximum Gasteiger partial charge on any atom is 0.0591 e. The molecule has 0 aromatic heterocycles. The van der Waals surface area contributed by atoms with Crippen LogP contribution in [0.5, 0.6) is 0 Å². The quantitative estimate of drug-likeness (QED) is 0.497. The summed E-state index contributed by atoms with van der Waals surface area (Å²) in [5.41, 5.74) is 4.23. The van der Waals surface area contributed by atoms with Crippen molar-refractivity contribution in [3.05, 3.63) is 34.9 Å². The van der Waals surface area contributed by atoms with E-state index in [1.54, 1.807) is 5.57 Å². The van der Waals surface area contributed by atoms with Gasteiger partial charge in [0, 0.05) is 0 Å². The van der Waals surface area contributed by atoms with Gasteiger partial charge in [-0.3, -0.25) is 0 Å². The van der Waals surface area contributed by atoms with Gasteiger partial charge in [-0.15, -0.1) is 0 Å². The van der Waals surface area contributed by atoms with Crippen LogP contribution in [0.15, 0.2) is 34.9 Å². The largest absolute Gasteiger partial charge is 0.393 e. The molecular formula is C27H44O2. The second-order valence-electron chi connectivity index (χ2n) is 11.2. The molecule has 0 radical (unpaired) electrons. The lowest BCUT2D eigenvalue weighted by Gasteiger charge is -2.43. The van der Waals surface area contributed by atoms with Crippen molar-refractivity contribution in [2.75, 3.05) is 0 Å². The summed E-state index contributed by atoms with van der Waals surface area (Å²) in [4.78, 5) is 0. The highest BCUT2D eigenvalue weighted by Gasteiger charge is 2.49. The van der Waals surface area contributed by atoms with Gasteiger partial charge in [0.25, 0.3) is 0 Å². The number of fused-ring (bicyclic) bond motifs is 1. The van der Waals surface area contributed by atoms with Gasteiger partial charge in [0.1, 0.15) is 0 Å². The molecule has 0 spiro atoms. The number of aliphatic hydroxyl groups is 2. The fraction of sp³-hybridized carbons (Fsp3) is 0.778.